The summed E-state index contributed by atoms with van der Waals surface area (Å²) in [6.45, 7) is 0.141. The fourth-order valence-corrected chi connectivity index (χ4v) is 3.34. The lowest BCUT2D eigenvalue weighted by molar-refractivity contribution is 0.0952. The monoisotopic (exact) mass is 404 g/mol. The third-order valence-electron chi connectivity index (χ3n) is 4.97. The highest BCUT2D eigenvalue weighted by atomic mass is 16.5. The van der Waals surface area contributed by atoms with Crippen molar-refractivity contribution < 1.29 is 14.6 Å². The van der Waals surface area contributed by atoms with E-state index < -0.39 is 18.2 Å². The van der Waals surface area contributed by atoms with Crippen LogP contribution in [0.1, 0.15) is 29.5 Å². The SMILES string of the molecule is O=C(N[C@@H](Cc1ccccc1)[C@@H](O)CCCc1ccccc1)OCc1cccnc1. The zero-order valence-corrected chi connectivity index (χ0v) is 17.0. The second kappa shape index (κ2) is 11.7. The minimum atomic E-state index is -0.667. The lowest BCUT2D eigenvalue weighted by Crippen LogP contribution is -2.45. The largest absolute Gasteiger partial charge is 0.445 e. The van der Waals surface area contributed by atoms with E-state index in [4.69, 9.17) is 4.74 Å². The molecule has 0 spiro atoms. The number of carbonyl (C=O) groups is 1. The summed E-state index contributed by atoms with van der Waals surface area (Å²) < 4.78 is 5.32. The molecule has 156 valence electrons. The van der Waals surface area contributed by atoms with E-state index in [0.717, 1.165) is 24.0 Å². The molecule has 0 fully saturated rings. The van der Waals surface area contributed by atoms with Crippen molar-refractivity contribution in [2.24, 2.45) is 0 Å². The van der Waals surface area contributed by atoms with Crippen molar-refractivity contribution in [2.75, 3.05) is 0 Å². The molecule has 0 saturated heterocycles. The van der Waals surface area contributed by atoms with Crippen molar-refractivity contribution in [3.63, 3.8) is 0 Å². The number of ether oxygens (including phenoxy) is 1. The van der Waals surface area contributed by atoms with Crippen LogP contribution < -0.4 is 5.32 Å². The van der Waals surface area contributed by atoms with Gasteiger partial charge in [-0.15, -0.1) is 0 Å². The molecule has 0 unspecified atom stereocenters. The molecule has 5 heteroatoms. The first-order chi connectivity index (χ1) is 14.7. The molecule has 30 heavy (non-hydrogen) atoms. The van der Waals surface area contributed by atoms with Crippen molar-refractivity contribution >= 4 is 6.09 Å². The van der Waals surface area contributed by atoms with Gasteiger partial charge in [-0.05, 0) is 42.9 Å². The summed E-state index contributed by atoms with van der Waals surface area (Å²) in [5, 5.41) is 13.7. The molecule has 3 aromatic rings. The Labute approximate surface area is 177 Å². The predicted molar refractivity (Wildman–Crippen MR) is 117 cm³/mol. The van der Waals surface area contributed by atoms with Gasteiger partial charge in [-0.1, -0.05) is 66.7 Å². The number of benzene rings is 2. The first-order valence-electron chi connectivity index (χ1n) is 10.3. The Hall–Kier alpha value is -3.18. The van der Waals surface area contributed by atoms with Gasteiger partial charge in [0.1, 0.15) is 6.61 Å². The predicted octanol–water partition coefficient (Wildman–Crippen LogP) is 4.30. The highest BCUT2D eigenvalue weighted by molar-refractivity contribution is 5.67. The summed E-state index contributed by atoms with van der Waals surface area (Å²) in [5.74, 6) is 0. The van der Waals surface area contributed by atoms with Crippen LogP contribution in [0.25, 0.3) is 0 Å². The minimum absolute atomic E-state index is 0.141. The van der Waals surface area contributed by atoms with Crippen LogP contribution in [0.15, 0.2) is 85.2 Å². The summed E-state index contributed by atoms with van der Waals surface area (Å²) in [5.41, 5.74) is 3.11. The molecule has 0 aliphatic rings. The third kappa shape index (κ3) is 7.33. The molecular formula is C25H28N2O3. The van der Waals surface area contributed by atoms with E-state index in [0.29, 0.717) is 12.8 Å². The van der Waals surface area contributed by atoms with Crippen molar-refractivity contribution in [3.05, 3.63) is 102 Å². The Morgan fingerprint density at radius 3 is 2.27 bits per heavy atom. The Morgan fingerprint density at radius 2 is 1.60 bits per heavy atom. The van der Waals surface area contributed by atoms with Crippen LogP contribution in [0.5, 0.6) is 0 Å². The average Bonchev–Trinajstić information content (AvgIpc) is 2.79. The number of aromatic nitrogens is 1. The quantitative estimate of drug-likeness (QED) is 0.528. The molecule has 0 bridgehead atoms. The number of pyridine rings is 1. The van der Waals surface area contributed by atoms with Crippen LogP contribution in [0.4, 0.5) is 4.79 Å². The van der Waals surface area contributed by atoms with E-state index in [9.17, 15) is 9.90 Å². The molecule has 1 amide bonds. The summed E-state index contributed by atoms with van der Waals surface area (Å²) in [6.07, 6.45) is 4.98. The molecule has 0 saturated carbocycles. The van der Waals surface area contributed by atoms with Gasteiger partial charge in [0.25, 0.3) is 0 Å². The van der Waals surface area contributed by atoms with Gasteiger partial charge in [-0.25, -0.2) is 4.79 Å². The van der Waals surface area contributed by atoms with Gasteiger partial charge in [-0.3, -0.25) is 4.98 Å². The van der Waals surface area contributed by atoms with E-state index in [1.807, 2.05) is 54.6 Å². The van der Waals surface area contributed by atoms with Gasteiger partial charge in [0.15, 0.2) is 0 Å². The zero-order valence-electron chi connectivity index (χ0n) is 17.0. The van der Waals surface area contributed by atoms with Crippen molar-refractivity contribution in [1.29, 1.82) is 0 Å². The number of carbonyl (C=O) groups excluding carboxylic acids is 1. The highest BCUT2D eigenvalue weighted by Crippen LogP contribution is 2.13. The second-order valence-electron chi connectivity index (χ2n) is 7.32. The number of aliphatic hydroxyl groups is 1. The number of hydrogen-bond acceptors (Lipinski definition) is 4. The fourth-order valence-electron chi connectivity index (χ4n) is 3.34. The summed E-state index contributed by atoms with van der Waals surface area (Å²) in [6, 6.07) is 23.3. The van der Waals surface area contributed by atoms with Crippen molar-refractivity contribution in [2.45, 2.75) is 44.4 Å². The standard InChI is InChI=1S/C25H28N2O3/c28-24(15-7-13-20-9-3-1-4-10-20)23(17-21-11-5-2-6-12-21)27-25(29)30-19-22-14-8-16-26-18-22/h1-6,8-12,14,16,18,23-24,28H,7,13,15,17,19H2,(H,27,29)/t23-,24-/m0/s1. The number of aryl methyl sites for hydroxylation is 1. The second-order valence-corrected chi connectivity index (χ2v) is 7.32. The van der Waals surface area contributed by atoms with Crippen LogP contribution in [0, 0.1) is 0 Å². The molecule has 1 aromatic heterocycles. The number of hydrogen-bond donors (Lipinski definition) is 2. The van der Waals surface area contributed by atoms with E-state index in [-0.39, 0.29) is 6.61 Å². The fraction of sp³-hybridized carbons (Fsp3) is 0.280. The van der Waals surface area contributed by atoms with Gasteiger partial charge in [-0.2, -0.15) is 0 Å². The van der Waals surface area contributed by atoms with Gasteiger partial charge in [0, 0.05) is 18.0 Å². The topological polar surface area (TPSA) is 71.5 Å². The molecule has 2 aromatic carbocycles. The summed E-state index contributed by atoms with van der Waals surface area (Å²) >= 11 is 0. The van der Waals surface area contributed by atoms with Gasteiger partial charge in [0.2, 0.25) is 0 Å². The lowest BCUT2D eigenvalue weighted by atomic mass is 9.96. The van der Waals surface area contributed by atoms with Crippen LogP contribution in [-0.2, 0) is 24.2 Å². The number of alkyl carbamates (subject to hydrolysis) is 1. The van der Waals surface area contributed by atoms with E-state index >= 15 is 0 Å². The number of amides is 1. The Bertz CT molecular complexity index is 873. The van der Waals surface area contributed by atoms with E-state index in [1.54, 1.807) is 18.5 Å². The van der Waals surface area contributed by atoms with Gasteiger partial charge in [0.05, 0.1) is 12.1 Å². The van der Waals surface area contributed by atoms with Crippen LogP contribution in [-0.4, -0.2) is 28.3 Å². The number of rotatable bonds is 10. The maximum absolute atomic E-state index is 12.4. The Morgan fingerprint density at radius 1 is 0.933 bits per heavy atom. The highest BCUT2D eigenvalue weighted by Gasteiger charge is 2.22. The third-order valence-corrected chi connectivity index (χ3v) is 4.97. The Balaban J connectivity index is 1.55. The van der Waals surface area contributed by atoms with E-state index in [1.165, 1.54) is 5.56 Å². The summed E-state index contributed by atoms with van der Waals surface area (Å²) in [4.78, 5) is 16.4. The van der Waals surface area contributed by atoms with Crippen molar-refractivity contribution in [3.8, 4) is 0 Å². The molecule has 0 aliphatic heterocycles. The molecule has 0 radical (unpaired) electrons. The van der Waals surface area contributed by atoms with Crippen LogP contribution >= 0.6 is 0 Å². The van der Waals surface area contributed by atoms with Crippen molar-refractivity contribution in [1.82, 2.24) is 10.3 Å². The van der Waals surface area contributed by atoms with Gasteiger partial charge >= 0.3 is 6.09 Å². The zero-order chi connectivity index (χ0) is 21.0. The summed E-state index contributed by atoms with van der Waals surface area (Å²) in [7, 11) is 0. The van der Waals surface area contributed by atoms with E-state index in [2.05, 4.69) is 22.4 Å². The van der Waals surface area contributed by atoms with Crippen LogP contribution in [0.3, 0.4) is 0 Å². The average molecular weight is 405 g/mol. The molecule has 2 atom stereocenters. The molecule has 5 nitrogen and oxygen atoms in total. The first kappa shape index (κ1) is 21.5. The molecule has 0 aliphatic carbocycles. The molecule has 3 rings (SSSR count). The Kier molecular flexibility index (Phi) is 8.42. The number of nitrogens with zero attached hydrogens (tertiary/aromatic N) is 1. The minimum Gasteiger partial charge on any atom is -0.445 e. The molecule has 2 N–H and O–H groups in total. The van der Waals surface area contributed by atoms with Gasteiger partial charge < -0.3 is 15.2 Å². The maximum Gasteiger partial charge on any atom is 0.407 e. The first-order valence-corrected chi connectivity index (χ1v) is 10.3. The smallest absolute Gasteiger partial charge is 0.407 e. The van der Waals surface area contributed by atoms with Crippen LogP contribution in [0.2, 0.25) is 0 Å². The number of aliphatic hydroxyl groups excluding tert-OH is 1. The molecule has 1 heterocycles. The maximum atomic E-state index is 12.4. The normalized spacial score (nSPS) is 12.7. The molecular weight excluding hydrogens is 376 g/mol. The number of nitrogens with one attached hydrogen (secondary N) is 1. The lowest BCUT2D eigenvalue weighted by Gasteiger charge is -2.24.